The van der Waals surface area contributed by atoms with Crippen LogP contribution in [0.5, 0.6) is 0 Å². The zero-order valence-electron chi connectivity index (χ0n) is 16.4. The van der Waals surface area contributed by atoms with Crippen LogP contribution < -0.4 is 5.32 Å². The largest absolute Gasteiger partial charge is 0.477 e. The summed E-state index contributed by atoms with van der Waals surface area (Å²) in [7, 11) is 0. The predicted molar refractivity (Wildman–Crippen MR) is 116 cm³/mol. The molecular weight excluding hydrogens is 436 g/mol. The van der Waals surface area contributed by atoms with Gasteiger partial charge in [-0.25, -0.2) is 9.48 Å². The van der Waals surface area contributed by atoms with Gasteiger partial charge in [0.25, 0.3) is 5.91 Å². The van der Waals surface area contributed by atoms with Gasteiger partial charge in [0.1, 0.15) is 22.1 Å². The fourth-order valence-corrected chi connectivity index (χ4v) is 6.28. The van der Waals surface area contributed by atoms with Crippen molar-refractivity contribution in [1.29, 1.82) is 0 Å². The Hall–Kier alpha value is -2.72. The van der Waals surface area contributed by atoms with Gasteiger partial charge in [0.15, 0.2) is 0 Å². The number of carboxylic acid groups (broad SMARTS) is 1. The summed E-state index contributed by atoms with van der Waals surface area (Å²) in [5, 5.41) is 17.4. The number of aromatic nitrogens is 2. The molecule has 0 radical (unpaired) electrons. The average Bonchev–Trinajstić information content (AvgIpc) is 3.46. The number of rotatable bonds is 7. The molecule has 1 aliphatic carbocycles. The molecule has 10 heteroatoms. The lowest BCUT2D eigenvalue weighted by Crippen LogP contribution is -2.70. The van der Waals surface area contributed by atoms with Crippen molar-refractivity contribution in [1.82, 2.24) is 20.0 Å². The van der Waals surface area contributed by atoms with Gasteiger partial charge in [-0.15, -0.1) is 11.8 Å². The van der Waals surface area contributed by atoms with Crippen LogP contribution in [0, 0.1) is 5.92 Å². The number of carbonyl (C=O) groups is 3. The molecule has 3 aliphatic rings. The van der Waals surface area contributed by atoms with Crippen molar-refractivity contribution in [3.63, 3.8) is 0 Å². The van der Waals surface area contributed by atoms with Crippen LogP contribution in [0.1, 0.15) is 19.3 Å². The molecule has 1 aromatic heterocycles. The van der Waals surface area contributed by atoms with Crippen molar-refractivity contribution in [2.75, 3.05) is 5.75 Å². The summed E-state index contributed by atoms with van der Waals surface area (Å²) in [6.45, 7) is 0. The van der Waals surface area contributed by atoms with E-state index in [2.05, 4.69) is 10.4 Å². The van der Waals surface area contributed by atoms with E-state index in [1.54, 1.807) is 10.9 Å². The third-order valence-corrected chi connectivity index (χ3v) is 8.02. The number of amides is 2. The number of nitrogens with one attached hydrogen (secondary N) is 1. The van der Waals surface area contributed by atoms with Gasteiger partial charge in [0.05, 0.1) is 11.9 Å². The van der Waals surface area contributed by atoms with Crippen molar-refractivity contribution in [3.8, 4) is 5.69 Å². The van der Waals surface area contributed by atoms with Crippen LogP contribution in [0.3, 0.4) is 0 Å². The normalized spacial score (nSPS) is 22.7. The maximum absolute atomic E-state index is 12.8. The van der Waals surface area contributed by atoms with Crippen LogP contribution >= 0.6 is 23.5 Å². The van der Waals surface area contributed by atoms with E-state index in [-0.39, 0.29) is 22.9 Å². The molecule has 2 aromatic rings. The van der Waals surface area contributed by atoms with Gasteiger partial charge in [-0.3, -0.25) is 14.5 Å². The number of hydrogen-bond acceptors (Lipinski definition) is 6. The summed E-state index contributed by atoms with van der Waals surface area (Å²) in [4.78, 5) is 38.9. The van der Waals surface area contributed by atoms with Crippen LogP contribution in [0.2, 0.25) is 0 Å². The van der Waals surface area contributed by atoms with E-state index in [4.69, 9.17) is 0 Å². The van der Waals surface area contributed by atoms with Crippen molar-refractivity contribution in [2.45, 2.75) is 35.7 Å². The molecular formula is C21H20N4O4S2. The highest BCUT2D eigenvalue weighted by Gasteiger charge is 2.54. The van der Waals surface area contributed by atoms with Gasteiger partial charge < -0.3 is 10.4 Å². The summed E-state index contributed by atoms with van der Waals surface area (Å²) in [6.07, 6.45) is 4.22. The molecule has 2 fully saturated rings. The highest BCUT2D eigenvalue weighted by molar-refractivity contribution is 8.06. The van der Waals surface area contributed by atoms with Crippen LogP contribution in [-0.4, -0.2) is 54.7 Å². The first-order valence-electron chi connectivity index (χ1n) is 10.0. The standard InChI is InChI=1S/C21H20N4O4S2/c26-15(10-12-6-7-12)23-17-19(27)24-18(21(28)29)14(11-30-20(17)24)31-16-8-9-22-25(16)13-4-2-1-3-5-13/h1-5,8-9,12,17,20H,6-7,10-11H2,(H,23,26)(H,28,29)/t17-,20+/m1/s1. The second kappa shape index (κ2) is 8.08. The maximum atomic E-state index is 12.8. The third-order valence-electron chi connectivity index (χ3n) is 5.46. The van der Waals surface area contributed by atoms with E-state index in [1.807, 2.05) is 36.4 Å². The van der Waals surface area contributed by atoms with Gasteiger partial charge in [0.2, 0.25) is 5.91 Å². The number of para-hydroxylation sites is 1. The Labute approximate surface area is 187 Å². The average molecular weight is 457 g/mol. The summed E-state index contributed by atoms with van der Waals surface area (Å²) in [5.74, 6) is -0.773. The molecule has 160 valence electrons. The van der Waals surface area contributed by atoms with Crippen LogP contribution in [0.4, 0.5) is 0 Å². The minimum absolute atomic E-state index is 0.00717. The van der Waals surface area contributed by atoms with E-state index in [0.29, 0.717) is 23.0 Å². The van der Waals surface area contributed by atoms with Crippen LogP contribution in [-0.2, 0) is 14.4 Å². The van der Waals surface area contributed by atoms with Gasteiger partial charge in [0, 0.05) is 17.1 Å². The highest BCUT2D eigenvalue weighted by atomic mass is 32.2. The fraction of sp³-hybridized carbons (Fsp3) is 0.333. The first-order chi connectivity index (χ1) is 15.0. The molecule has 5 rings (SSSR count). The first-order valence-corrected chi connectivity index (χ1v) is 11.9. The predicted octanol–water partition coefficient (Wildman–Crippen LogP) is 2.46. The fourth-order valence-electron chi connectivity index (χ4n) is 3.74. The smallest absolute Gasteiger partial charge is 0.353 e. The van der Waals surface area contributed by atoms with Gasteiger partial charge >= 0.3 is 5.97 Å². The lowest BCUT2D eigenvalue weighted by atomic mass is 10.0. The number of aliphatic carboxylic acids is 1. The Morgan fingerprint density at radius 3 is 2.71 bits per heavy atom. The van der Waals surface area contributed by atoms with Crippen molar-refractivity contribution < 1.29 is 19.5 Å². The molecule has 1 saturated carbocycles. The highest BCUT2D eigenvalue weighted by Crippen LogP contribution is 2.45. The van der Waals surface area contributed by atoms with Crippen molar-refractivity contribution in [3.05, 3.63) is 53.2 Å². The molecule has 2 atom stereocenters. The second-order valence-electron chi connectivity index (χ2n) is 7.70. The second-order valence-corrected chi connectivity index (χ2v) is 9.92. The summed E-state index contributed by atoms with van der Waals surface area (Å²) in [5.41, 5.74) is 0.861. The van der Waals surface area contributed by atoms with E-state index in [0.717, 1.165) is 23.6 Å². The molecule has 8 nitrogen and oxygen atoms in total. The lowest BCUT2D eigenvalue weighted by Gasteiger charge is -2.49. The number of thioether (sulfide) groups is 2. The quantitative estimate of drug-likeness (QED) is 0.617. The molecule has 0 spiro atoms. The molecule has 1 saturated heterocycles. The lowest BCUT2D eigenvalue weighted by molar-refractivity contribution is -0.150. The molecule has 2 aliphatic heterocycles. The number of carboxylic acids is 1. The summed E-state index contributed by atoms with van der Waals surface area (Å²) >= 11 is 2.77. The van der Waals surface area contributed by atoms with Crippen molar-refractivity contribution in [2.24, 2.45) is 5.92 Å². The SMILES string of the molecule is O=C(CC1CC1)N[C@@H]1C(=O)N2C(C(=O)O)=C(Sc3ccnn3-c3ccccc3)CS[C@@H]12. The summed E-state index contributed by atoms with van der Waals surface area (Å²) < 4.78 is 1.74. The third kappa shape index (κ3) is 3.85. The van der Waals surface area contributed by atoms with Crippen LogP contribution in [0.15, 0.2) is 58.2 Å². The van der Waals surface area contributed by atoms with Gasteiger partial charge in [-0.1, -0.05) is 30.0 Å². The van der Waals surface area contributed by atoms with E-state index >= 15 is 0 Å². The maximum Gasteiger partial charge on any atom is 0.353 e. The minimum Gasteiger partial charge on any atom is -0.477 e. The molecule has 1 aromatic carbocycles. The summed E-state index contributed by atoms with van der Waals surface area (Å²) in [6, 6.07) is 10.7. The number of benzene rings is 1. The number of fused-ring (bicyclic) bond motifs is 1. The topological polar surface area (TPSA) is 105 Å². The molecule has 2 amide bonds. The van der Waals surface area contributed by atoms with Crippen LogP contribution in [0.25, 0.3) is 5.69 Å². The minimum atomic E-state index is -1.14. The number of nitrogens with zero attached hydrogens (tertiary/aromatic N) is 3. The zero-order chi connectivity index (χ0) is 21.5. The first kappa shape index (κ1) is 20.2. The van der Waals surface area contributed by atoms with E-state index in [9.17, 15) is 19.5 Å². The number of carbonyl (C=O) groups excluding carboxylic acids is 2. The molecule has 0 unspecified atom stereocenters. The Morgan fingerprint density at radius 2 is 2.00 bits per heavy atom. The van der Waals surface area contributed by atoms with Crippen molar-refractivity contribution >= 4 is 41.3 Å². The van der Waals surface area contributed by atoms with Gasteiger partial charge in [-0.05, 0) is 37.0 Å². The van der Waals surface area contributed by atoms with E-state index < -0.39 is 12.0 Å². The monoisotopic (exact) mass is 456 g/mol. The Balaban J connectivity index is 1.37. The Bertz CT molecular complexity index is 1080. The number of hydrogen-bond donors (Lipinski definition) is 2. The number of β-lactam (4-membered cyclic amide) rings is 1. The molecule has 0 bridgehead atoms. The Morgan fingerprint density at radius 1 is 1.23 bits per heavy atom. The molecule has 3 heterocycles. The van der Waals surface area contributed by atoms with Gasteiger partial charge in [-0.2, -0.15) is 5.10 Å². The molecule has 31 heavy (non-hydrogen) atoms. The molecule has 2 N–H and O–H groups in total. The van der Waals surface area contributed by atoms with E-state index in [1.165, 1.54) is 28.4 Å². The Kier molecular flexibility index (Phi) is 5.27. The zero-order valence-corrected chi connectivity index (χ0v) is 18.1.